The van der Waals surface area contributed by atoms with Crippen LogP contribution in [-0.2, 0) is 14.8 Å². The number of sulfonamides is 1. The highest BCUT2D eigenvalue weighted by Gasteiger charge is 2.36. The molecule has 5 nitrogen and oxygen atoms in total. The summed E-state index contributed by atoms with van der Waals surface area (Å²) in [5.74, 6) is -3.18. The Balaban J connectivity index is 1.78. The molecule has 0 bridgehead atoms. The smallest absolute Gasteiger partial charge is 0.248 e. The van der Waals surface area contributed by atoms with Gasteiger partial charge >= 0.3 is 0 Å². The third-order valence-corrected chi connectivity index (χ3v) is 6.23. The Morgan fingerprint density at radius 3 is 2.35 bits per heavy atom. The molecule has 0 radical (unpaired) electrons. The fraction of sp³-hybridized carbons (Fsp3) is 0.278. The largest absolute Gasteiger partial charge is 0.326 e. The van der Waals surface area contributed by atoms with Crippen LogP contribution in [0.1, 0.15) is 12.8 Å². The van der Waals surface area contributed by atoms with Gasteiger partial charge in [-0.05, 0) is 37.1 Å². The maximum Gasteiger partial charge on any atom is 0.248 e. The Morgan fingerprint density at radius 1 is 1.04 bits per heavy atom. The first kappa shape index (κ1) is 18.5. The molecule has 2 aromatic carbocycles. The van der Waals surface area contributed by atoms with Crippen LogP contribution in [0.5, 0.6) is 0 Å². The zero-order valence-corrected chi connectivity index (χ0v) is 14.7. The highest BCUT2D eigenvalue weighted by molar-refractivity contribution is 7.89. The molecular formula is C18H18F2N2O3S. The van der Waals surface area contributed by atoms with Crippen molar-refractivity contribution in [1.82, 2.24) is 4.31 Å². The highest BCUT2D eigenvalue weighted by Crippen LogP contribution is 2.27. The first-order valence-electron chi connectivity index (χ1n) is 8.19. The molecular weight excluding hydrogens is 362 g/mol. The second-order valence-electron chi connectivity index (χ2n) is 6.11. The molecule has 1 fully saturated rings. The number of nitrogens with one attached hydrogen (secondary N) is 1. The fourth-order valence-electron chi connectivity index (χ4n) is 3.00. The van der Waals surface area contributed by atoms with E-state index in [2.05, 4.69) is 5.32 Å². The van der Waals surface area contributed by atoms with Gasteiger partial charge in [0.1, 0.15) is 11.6 Å². The van der Waals surface area contributed by atoms with Gasteiger partial charge in [0, 0.05) is 18.8 Å². The van der Waals surface area contributed by atoms with Crippen molar-refractivity contribution in [3.05, 3.63) is 60.2 Å². The van der Waals surface area contributed by atoms with E-state index in [-0.39, 0.29) is 19.0 Å². The average molecular weight is 380 g/mol. The lowest BCUT2D eigenvalue weighted by Crippen LogP contribution is -2.44. The zero-order chi connectivity index (χ0) is 18.7. The molecule has 1 saturated heterocycles. The number of rotatable bonds is 4. The van der Waals surface area contributed by atoms with Crippen molar-refractivity contribution in [2.75, 3.05) is 18.4 Å². The highest BCUT2D eigenvalue weighted by atomic mass is 32.2. The van der Waals surface area contributed by atoms with E-state index in [1.165, 1.54) is 0 Å². The quantitative estimate of drug-likeness (QED) is 0.887. The van der Waals surface area contributed by atoms with Crippen LogP contribution in [0.3, 0.4) is 0 Å². The number of para-hydroxylation sites is 1. The number of anilines is 1. The number of nitrogens with zero attached hydrogens (tertiary/aromatic N) is 1. The van der Waals surface area contributed by atoms with Gasteiger partial charge in [-0.2, -0.15) is 4.31 Å². The van der Waals surface area contributed by atoms with Crippen molar-refractivity contribution in [2.24, 2.45) is 5.92 Å². The topological polar surface area (TPSA) is 66.5 Å². The summed E-state index contributed by atoms with van der Waals surface area (Å²) in [5, 5.41) is 2.74. The van der Waals surface area contributed by atoms with Crippen LogP contribution in [0.4, 0.5) is 14.5 Å². The van der Waals surface area contributed by atoms with E-state index in [1.54, 1.807) is 24.3 Å². The maximum atomic E-state index is 13.9. The van der Waals surface area contributed by atoms with Crippen LogP contribution in [0.2, 0.25) is 0 Å². The molecule has 1 N–H and O–H groups in total. The van der Waals surface area contributed by atoms with Crippen LogP contribution in [-0.4, -0.2) is 31.7 Å². The van der Waals surface area contributed by atoms with Gasteiger partial charge in [0.25, 0.3) is 0 Å². The molecule has 26 heavy (non-hydrogen) atoms. The number of piperidine rings is 1. The fourth-order valence-corrected chi connectivity index (χ4v) is 4.63. The van der Waals surface area contributed by atoms with E-state index < -0.39 is 32.5 Å². The normalized spacial score (nSPS) is 18.5. The molecule has 0 spiro atoms. The predicted molar refractivity (Wildman–Crippen MR) is 92.9 cm³/mol. The van der Waals surface area contributed by atoms with Crippen molar-refractivity contribution in [1.29, 1.82) is 0 Å². The molecule has 0 aromatic heterocycles. The maximum absolute atomic E-state index is 13.9. The van der Waals surface area contributed by atoms with E-state index in [9.17, 15) is 22.0 Å². The summed E-state index contributed by atoms with van der Waals surface area (Å²) in [6.07, 6.45) is 0.937. The van der Waals surface area contributed by atoms with Crippen molar-refractivity contribution in [3.8, 4) is 0 Å². The molecule has 138 valence electrons. The molecule has 1 heterocycles. The second-order valence-corrected chi connectivity index (χ2v) is 7.98. The lowest BCUT2D eigenvalue weighted by Gasteiger charge is -2.31. The summed E-state index contributed by atoms with van der Waals surface area (Å²) in [6, 6.07) is 11.7. The molecule has 1 amide bonds. The minimum absolute atomic E-state index is 0.116. The van der Waals surface area contributed by atoms with E-state index in [1.807, 2.05) is 6.07 Å². The summed E-state index contributed by atoms with van der Waals surface area (Å²) in [6.45, 7) is -0.000000866. The predicted octanol–water partition coefficient (Wildman–Crippen LogP) is 3.00. The van der Waals surface area contributed by atoms with Gasteiger partial charge in [-0.25, -0.2) is 17.2 Å². The lowest BCUT2D eigenvalue weighted by atomic mass is 9.99. The van der Waals surface area contributed by atoms with Gasteiger partial charge in [0.2, 0.25) is 15.9 Å². The van der Waals surface area contributed by atoms with E-state index in [0.717, 1.165) is 22.5 Å². The number of hydrogen-bond donors (Lipinski definition) is 1. The Bertz CT molecular complexity index is 884. The van der Waals surface area contributed by atoms with Gasteiger partial charge in [0.15, 0.2) is 4.90 Å². The summed E-state index contributed by atoms with van der Waals surface area (Å²) >= 11 is 0. The SMILES string of the molecule is O=C(Nc1ccccc1)C1CCCN(S(=O)(=O)c2c(F)cccc2F)C1. The number of carbonyl (C=O) groups excluding carboxylic acids is 1. The van der Waals surface area contributed by atoms with E-state index >= 15 is 0 Å². The molecule has 1 unspecified atom stereocenters. The summed E-state index contributed by atoms with van der Waals surface area (Å²) < 4.78 is 54.2. The monoisotopic (exact) mass is 380 g/mol. The van der Waals surface area contributed by atoms with Crippen molar-refractivity contribution in [3.63, 3.8) is 0 Å². The number of amides is 1. The Labute approximate surface area is 150 Å². The number of hydrogen-bond acceptors (Lipinski definition) is 3. The molecule has 0 saturated carbocycles. The molecule has 3 rings (SSSR count). The standard InChI is InChI=1S/C18H18F2N2O3S/c19-15-9-4-10-16(20)17(15)26(24,25)22-11-5-6-13(12-22)18(23)21-14-7-2-1-3-8-14/h1-4,7-10,13H,5-6,11-12H2,(H,21,23). The molecule has 1 atom stereocenters. The minimum atomic E-state index is -4.36. The Kier molecular flexibility index (Phi) is 5.33. The van der Waals surface area contributed by atoms with Crippen LogP contribution in [0, 0.1) is 17.6 Å². The van der Waals surface area contributed by atoms with Crippen LogP contribution < -0.4 is 5.32 Å². The van der Waals surface area contributed by atoms with Crippen molar-refractivity contribution >= 4 is 21.6 Å². The Hall–Kier alpha value is -2.32. The van der Waals surface area contributed by atoms with Crippen LogP contribution in [0.15, 0.2) is 53.4 Å². The molecule has 0 aliphatic carbocycles. The third kappa shape index (κ3) is 3.76. The summed E-state index contributed by atoms with van der Waals surface area (Å²) in [7, 11) is -4.36. The third-order valence-electron chi connectivity index (χ3n) is 4.31. The van der Waals surface area contributed by atoms with E-state index in [4.69, 9.17) is 0 Å². The Morgan fingerprint density at radius 2 is 1.69 bits per heavy atom. The van der Waals surface area contributed by atoms with Gasteiger partial charge in [-0.3, -0.25) is 4.79 Å². The number of benzene rings is 2. The number of carbonyl (C=O) groups is 1. The minimum Gasteiger partial charge on any atom is -0.326 e. The van der Waals surface area contributed by atoms with E-state index in [0.29, 0.717) is 18.5 Å². The summed E-state index contributed by atoms with van der Waals surface area (Å²) in [4.78, 5) is 11.5. The van der Waals surface area contributed by atoms with Gasteiger partial charge in [-0.1, -0.05) is 24.3 Å². The average Bonchev–Trinajstić information content (AvgIpc) is 2.62. The lowest BCUT2D eigenvalue weighted by molar-refractivity contribution is -0.120. The van der Waals surface area contributed by atoms with Crippen LogP contribution >= 0.6 is 0 Å². The van der Waals surface area contributed by atoms with Gasteiger partial charge in [-0.15, -0.1) is 0 Å². The van der Waals surface area contributed by atoms with Gasteiger partial charge in [0.05, 0.1) is 5.92 Å². The van der Waals surface area contributed by atoms with Gasteiger partial charge < -0.3 is 5.32 Å². The van der Waals surface area contributed by atoms with Crippen molar-refractivity contribution in [2.45, 2.75) is 17.7 Å². The second kappa shape index (κ2) is 7.51. The zero-order valence-electron chi connectivity index (χ0n) is 13.9. The first-order valence-corrected chi connectivity index (χ1v) is 9.63. The molecule has 8 heteroatoms. The molecule has 1 aliphatic rings. The van der Waals surface area contributed by atoms with Crippen molar-refractivity contribution < 1.29 is 22.0 Å². The molecule has 2 aromatic rings. The molecule has 1 aliphatic heterocycles. The van der Waals surface area contributed by atoms with Crippen LogP contribution in [0.25, 0.3) is 0 Å². The number of halogens is 2. The summed E-state index contributed by atoms with van der Waals surface area (Å²) in [5.41, 5.74) is 0.609. The first-order chi connectivity index (χ1) is 12.4.